The summed E-state index contributed by atoms with van der Waals surface area (Å²) < 4.78 is 1.73. The minimum atomic E-state index is -0.239. The Morgan fingerprint density at radius 2 is 1.76 bits per heavy atom. The maximum atomic E-state index is 13.2. The van der Waals surface area contributed by atoms with E-state index >= 15 is 0 Å². The van der Waals surface area contributed by atoms with E-state index in [1.807, 2.05) is 38.1 Å². The lowest BCUT2D eigenvalue weighted by atomic mass is 9.96. The third kappa shape index (κ3) is 5.61. The van der Waals surface area contributed by atoms with E-state index in [4.69, 9.17) is 5.11 Å². The molecule has 1 aromatic heterocycles. The fourth-order valence-corrected chi connectivity index (χ4v) is 5.74. The van der Waals surface area contributed by atoms with Crippen molar-refractivity contribution in [2.24, 2.45) is 0 Å². The Labute approximate surface area is 202 Å². The number of rotatable bonds is 9. The molecule has 0 radical (unpaired) electrons. The summed E-state index contributed by atoms with van der Waals surface area (Å²) in [5, 5.41) is 13.1. The third-order valence-electron chi connectivity index (χ3n) is 7.25. The predicted molar refractivity (Wildman–Crippen MR) is 135 cm³/mol. The van der Waals surface area contributed by atoms with E-state index in [1.54, 1.807) is 10.6 Å². The topological polar surface area (TPSA) is 74.6 Å². The number of benzene rings is 1. The summed E-state index contributed by atoms with van der Waals surface area (Å²) in [7, 11) is 0. The predicted octanol–water partition coefficient (Wildman–Crippen LogP) is 4.28. The monoisotopic (exact) mass is 475 g/mol. The van der Waals surface area contributed by atoms with Gasteiger partial charge in [0.25, 0.3) is 11.5 Å². The van der Waals surface area contributed by atoms with Crippen molar-refractivity contribution in [2.75, 3.05) is 13.2 Å². The van der Waals surface area contributed by atoms with Crippen LogP contribution in [0, 0.1) is 0 Å². The number of piperidine rings is 1. The van der Waals surface area contributed by atoms with Crippen LogP contribution >= 0.6 is 12.4 Å². The molecule has 1 amide bonds. The molecular weight excluding hydrogens is 438 g/mol. The Morgan fingerprint density at radius 3 is 2.42 bits per heavy atom. The van der Waals surface area contributed by atoms with E-state index in [9.17, 15) is 9.59 Å². The fourth-order valence-electron chi connectivity index (χ4n) is 5.74. The average molecular weight is 476 g/mol. The standard InChI is InChI=1S/C26H37N3O3.ClH/c1-18(2)29-24-10-6-5-9-19(24)15-23(26(29)32)25(31)27-20-16-21-11-12-22(17-20)28(21)13-7-3-4-8-14-30;/h5-6,9-10,15,18,20-22,30H,3-4,7-8,11-14,16-17H2,1-2H3,(H,27,31);1H. The molecule has 3 heterocycles. The highest BCUT2D eigenvalue weighted by molar-refractivity contribution is 5.97. The normalized spacial score (nSPS) is 22.5. The van der Waals surface area contributed by atoms with Gasteiger partial charge in [-0.15, -0.1) is 12.4 Å². The fraction of sp³-hybridized carbons (Fsp3) is 0.615. The zero-order chi connectivity index (χ0) is 22.7. The van der Waals surface area contributed by atoms with Gasteiger partial charge in [-0.2, -0.15) is 0 Å². The molecule has 4 rings (SSSR count). The number of amides is 1. The first-order valence-corrected chi connectivity index (χ1v) is 12.3. The number of unbranched alkanes of at least 4 members (excludes halogenated alkanes) is 3. The molecule has 1 aromatic carbocycles. The number of nitrogens with one attached hydrogen (secondary N) is 1. The van der Waals surface area contributed by atoms with Gasteiger partial charge >= 0.3 is 0 Å². The zero-order valence-corrected chi connectivity index (χ0v) is 20.7. The number of hydrogen-bond donors (Lipinski definition) is 2. The number of nitrogens with zero attached hydrogens (tertiary/aromatic N) is 2. The molecule has 0 saturated carbocycles. The summed E-state index contributed by atoms with van der Waals surface area (Å²) in [4.78, 5) is 29.0. The third-order valence-corrected chi connectivity index (χ3v) is 7.25. The highest BCUT2D eigenvalue weighted by atomic mass is 35.5. The van der Waals surface area contributed by atoms with E-state index in [0.29, 0.717) is 12.1 Å². The van der Waals surface area contributed by atoms with Gasteiger partial charge in [0, 0.05) is 30.8 Å². The van der Waals surface area contributed by atoms with E-state index in [-0.39, 0.29) is 48.1 Å². The summed E-state index contributed by atoms with van der Waals surface area (Å²) in [6, 6.07) is 10.7. The molecule has 0 spiro atoms. The molecule has 182 valence electrons. The molecule has 7 heteroatoms. The Balaban J connectivity index is 0.00000306. The molecule has 2 atom stereocenters. The van der Waals surface area contributed by atoms with Gasteiger partial charge in [-0.1, -0.05) is 31.0 Å². The summed E-state index contributed by atoms with van der Waals surface area (Å²) in [5.41, 5.74) is 0.907. The van der Waals surface area contributed by atoms with Crippen LogP contribution in [0.1, 0.15) is 81.6 Å². The first kappa shape index (κ1) is 25.7. The second-order valence-corrected chi connectivity index (χ2v) is 9.79. The number of hydrogen-bond acceptors (Lipinski definition) is 4. The number of aromatic nitrogens is 1. The number of aliphatic hydroxyl groups is 1. The smallest absolute Gasteiger partial charge is 0.264 e. The van der Waals surface area contributed by atoms with Gasteiger partial charge in [0.2, 0.25) is 0 Å². The summed E-state index contributed by atoms with van der Waals surface area (Å²) >= 11 is 0. The number of pyridine rings is 1. The summed E-state index contributed by atoms with van der Waals surface area (Å²) in [6.07, 6.45) is 8.66. The highest BCUT2D eigenvalue weighted by Crippen LogP contribution is 2.36. The van der Waals surface area contributed by atoms with Gasteiger partial charge in [0.1, 0.15) is 5.56 Å². The van der Waals surface area contributed by atoms with Crippen molar-refractivity contribution in [3.05, 3.63) is 46.2 Å². The Kier molecular flexibility index (Phi) is 8.96. The quantitative estimate of drug-likeness (QED) is 0.531. The van der Waals surface area contributed by atoms with Gasteiger partial charge in [-0.3, -0.25) is 14.5 Å². The lowest BCUT2D eigenvalue weighted by molar-refractivity contribution is 0.0839. The number of aliphatic hydroxyl groups excluding tert-OH is 1. The molecular formula is C26H38ClN3O3. The minimum absolute atomic E-state index is 0. The minimum Gasteiger partial charge on any atom is -0.396 e. The van der Waals surface area contributed by atoms with Crippen LogP contribution < -0.4 is 10.9 Å². The first-order chi connectivity index (χ1) is 15.5. The van der Waals surface area contributed by atoms with Gasteiger partial charge in [-0.05, 0) is 76.4 Å². The van der Waals surface area contributed by atoms with Crippen molar-refractivity contribution in [3.8, 4) is 0 Å². The van der Waals surface area contributed by atoms with E-state index in [1.165, 1.54) is 25.7 Å². The van der Waals surface area contributed by atoms with E-state index < -0.39 is 0 Å². The molecule has 2 unspecified atom stereocenters. The molecule has 6 nitrogen and oxygen atoms in total. The molecule has 2 N–H and O–H groups in total. The Morgan fingerprint density at radius 1 is 1.09 bits per heavy atom. The van der Waals surface area contributed by atoms with E-state index in [0.717, 1.165) is 43.1 Å². The average Bonchev–Trinajstić information content (AvgIpc) is 3.00. The van der Waals surface area contributed by atoms with Crippen molar-refractivity contribution in [3.63, 3.8) is 0 Å². The lowest BCUT2D eigenvalue weighted by Gasteiger charge is -2.39. The molecule has 2 aromatic rings. The van der Waals surface area contributed by atoms with Crippen LogP contribution in [-0.4, -0.2) is 51.8 Å². The van der Waals surface area contributed by atoms with Crippen LogP contribution in [0.5, 0.6) is 0 Å². The van der Waals surface area contributed by atoms with Gasteiger partial charge < -0.3 is 15.0 Å². The molecule has 0 aliphatic carbocycles. The van der Waals surface area contributed by atoms with Gasteiger partial charge in [-0.25, -0.2) is 0 Å². The zero-order valence-electron chi connectivity index (χ0n) is 19.8. The lowest BCUT2D eigenvalue weighted by Crippen LogP contribution is -2.51. The number of halogens is 1. The molecule has 2 fully saturated rings. The van der Waals surface area contributed by atoms with E-state index in [2.05, 4.69) is 10.2 Å². The largest absolute Gasteiger partial charge is 0.396 e. The number of carbonyl (C=O) groups excluding carboxylic acids is 1. The SMILES string of the molecule is CC(C)n1c(=O)c(C(=O)NC2CC3CCC(C2)N3CCCCCCO)cc2ccccc21.Cl. The first-order valence-electron chi connectivity index (χ1n) is 12.3. The van der Waals surface area contributed by atoms with Crippen molar-refractivity contribution < 1.29 is 9.90 Å². The van der Waals surface area contributed by atoms with Crippen molar-refractivity contribution in [1.82, 2.24) is 14.8 Å². The summed E-state index contributed by atoms with van der Waals surface area (Å²) in [6.45, 7) is 5.36. The molecule has 2 aliphatic heterocycles. The van der Waals surface area contributed by atoms with Crippen molar-refractivity contribution in [2.45, 2.75) is 89.4 Å². The Bertz CT molecular complexity index is 992. The number of para-hydroxylation sites is 1. The van der Waals surface area contributed by atoms with Crippen molar-refractivity contribution in [1.29, 1.82) is 0 Å². The van der Waals surface area contributed by atoms with Crippen molar-refractivity contribution >= 4 is 29.2 Å². The maximum absolute atomic E-state index is 13.2. The number of carbonyl (C=O) groups is 1. The molecule has 2 bridgehead atoms. The highest BCUT2D eigenvalue weighted by Gasteiger charge is 2.40. The van der Waals surface area contributed by atoms with Crippen LogP contribution in [0.2, 0.25) is 0 Å². The molecule has 2 saturated heterocycles. The van der Waals surface area contributed by atoms with Crippen LogP contribution in [-0.2, 0) is 0 Å². The second kappa shape index (κ2) is 11.5. The summed E-state index contributed by atoms with van der Waals surface area (Å²) in [5.74, 6) is -0.239. The second-order valence-electron chi connectivity index (χ2n) is 9.79. The van der Waals surface area contributed by atoms with Gasteiger partial charge in [0.15, 0.2) is 0 Å². The maximum Gasteiger partial charge on any atom is 0.264 e. The number of fused-ring (bicyclic) bond motifs is 3. The van der Waals surface area contributed by atoms with Crippen LogP contribution in [0.25, 0.3) is 10.9 Å². The van der Waals surface area contributed by atoms with Crippen LogP contribution in [0.15, 0.2) is 35.1 Å². The Hall–Kier alpha value is -1.89. The van der Waals surface area contributed by atoms with Gasteiger partial charge in [0.05, 0.1) is 5.52 Å². The molecule has 2 aliphatic rings. The van der Waals surface area contributed by atoms with Crippen LogP contribution in [0.4, 0.5) is 0 Å². The van der Waals surface area contributed by atoms with Crippen LogP contribution in [0.3, 0.4) is 0 Å². The molecule has 33 heavy (non-hydrogen) atoms.